The second kappa shape index (κ2) is 4.59. The zero-order chi connectivity index (χ0) is 14.4. The Balaban J connectivity index is 1.92. The minimum absolute atomic E-state index is 1.27. The highest BCUT2D eigenvalue weighted by Crippen LogP contribution is 2.28. The fourth-order valence-electron chi connectivity index (χ4n) is 3.19. The minimum Gasteiger partial charge on any atom is -0.201 e. The van der Waals surface area contributed by atoms with E-state index in [-0.39, 0.29) is 0 Å². The number of benzene rings is 2. The summed E-state index contributed by atoms with van der Waals surface area (Å²) in [4.78, 5) is 0. The van der Waals surface area contributed by atoms with Crippen LogP contribution >= 0.6 is 0 Å². The average Bonchev–Trinajstić information content (AvgIpc) is 2.84. The van der Waals surface area contributed by atoms with Crippen molar-refractivity contribution in [1.29, 1.82) is 0 Å². The van der Waals surface area contributed by atoms with E-state index in [1.54, 1.807) is 0 Å². The Morgan fingerprint density at radius 1 is 0.905 bits per heavy atom. The molecule has 21 heavy (non-hydrogen) atoms. The van der Waals surface area contributed by atoms with Gasteiger partial charge in [-0.2, -0.15) is 0 Å². The van der Waals surface area contributed by atoms with Crippen LogP contribution in [0.5, 0.6) is 0 Å². The number of rotatable bonds is 1. The maximum atomic E-state index is 2.30. The molecular formula is C19H16BN+. The van der Waals surface area contributed by atoms with Crippen LogP contribution in [0.3, 0.4) is 0 Å². The quantitative estimate of drug-likeness (QED) is 0.472. The third-order valence-electron chi connectivity index (χ3n) is 4.35. The summed E-state index contributed by atoms with van der Waals surface area (Å²) in [6.45, 7) is 2.22. The van der Waals surface area contributed by atoms with Crippen LogP contribution in [0.1, 0.15) is 18.2 Å². The maximum absolute atomic E-state index is 2.30. The molecule has 2 heterocycles. The van der Waals surface area contributed by atoms with Crippen LogP contribution in [-0.2, 0) is 7.05 Å². The molecule has 0 saturated carbocycles. The Hall–Kier alpha value is -2.35. The van der Waals surface area contributed by atoms with Gasteiger partial charge in [0, 0.05) is 11.5 Å². The zero-order valence-electron chi connectivity index (χ0n) is 12.3. The van der Waals surface area contributed by atoms with Crippen LogP contribution in [-0.4, -0.2) is 7.28 Å². The molecule has 1 aliphatic heterocycles. The minimum atomic E-state index is 1.27. The van der Waals surface area contributed by atoms with Crippen LogP contribution in [0, 0.1) is 0 Å². The van der Waals surface area contributed by atoms with E-state index in [1.165, 1.54) is 38.5 Å². The number of hydrogen-bond acceptors (Lipinski definition) is 0. The van der Waals surface area contributed by atoms with Gasteiger partial charge >= 0.3 is 0 Å². The molecule has 4 rings (SSSR count). The normalized spacial score (nSPS) is 13.4. The molecule has 99 valence electrons. The average molecular weight is 269 g/mol. The molecule has 3 aromatic rings. The third kappa shape index (κ3) is 1.91. The van der Waals surface area contributed by atoms with Gasteiger partial charge in [0.15, 0.2) is 11.9 Å². The summed E-state index contributed by atoms with van der Waals surface area (Å²) in [5.41, 5.74) is 6.61. The SMILES string of the molecule is CC1=C(c2cc3ccccc3c[n+]2C)[B]c2ccccc21. The lowest BCUT2D eigenvalue weighted by Crippen LogP contribution is -2.34. The van der Waals surface area contributed by atoms with Crippen molar-refractivity contribution in [3.05, 3.63) is 72.1 Å². The van der Waals surface area contributed by atoms with Crippen molar-refractivity contribution in [2.75, 3.05) is 0 Å². The van der Waals surface area contributed by atoms with Crippen LogP contribution in [0.25, 0.3) is 21.8 Å². The predicted octanol–water partition coefficient (Wildman–Crippen LogP) is 2.90. The van der Waals surface area contributed by atoms with Gasteiger partial charge in [0.25, 0.3) is 0 Å². The molecular weight excluding hydrogens is 253 g/mol. The Bertz CT molecular complexity index is 893. The van der Waals surface area contributed by atoms with Gasteiger partial charge in [0.05, 0.1) is 0 Å². The number of fused-ring (bicyclic) bond motifs is 2. The fraction of sp³-hybridized carbons (Fsp3) is 0.105. The molecule has 1 radical (unpaired) electrons. The number of nitrogens with zero attached hydrogens (tertiary/aromatic N) is 1. The van der Waals surface area contributed by atoms with Crippen LogP contribution in [0.15, 0.2) is 60.8 Å². The molecule has 0 fully saturated rings. The van der Waals surface area contributed by atoms with E-state index in [4.69, 9.17) is 0 Å². The Kier molecular flexibility index (Phi) is 2.71. The Labute approximate surface area is 125 Å². The number of pyridine rings is 1. The summed E-state index contributed by atoms with van der Waals surface area (Å²) < 4.78 is 2.23. The molecule has 2 heteroatoms. The second-order valence-electron chi connectivity index (χ2n) is 5.67. The summed E-state index contributed by atoms with van der Waals surface area (Å²) in [7, 11) is 4.42. The summed E-state index contributed by atoms with van der Waals surface area (Å²) >= 11 is 0. The molecule has 0 atom stereocenters. The van der Waals surface area contributed by atoms with Crippen molar-refractivity contribution < 1.29 is 4.57 Å². The molecule has 1 aliphatic rings. The number of aromatic nitrogens is 1. The second-order valence-corrected chi connectivity index (χ2v) is 5.67. The summed E-state index contributed by atoms with van der Waals surface area (Å²) in [5.74, 6) is 0. The number of hydrogen-bond donors (Lipinski definition) is 0. The van der Waals surface area contributed by atoms with Crippen molar-refractivity contribution in [1.82, 2.24) is 0 Å². The van der Waals surface area contributed by atoms with Gasteiger partial charge in [-0.15, -0.1) is 0 Å². The van der Waals surface area contributed by atoms with Crippen LogP contribution < -0.4 is 10.0 Å². The van der Waals surface area contributed by atoms with E-state index in [0.717, 1.165) is 0 Å². The predicted molar refractivity (Wildman–Crippen MR) is 89.4 cm³/mol. The van der Waals surface area contributed by atoms with Crippen molar-refractivity contribution >= 4 is 34.6 Å². The van der Waals surface area contributed by atoms with Crippen molar-refractivity contribution in [3.8, 4) is 0 Å². The first-order valence-corrected chi connectivity index (χ1v) is 7.28. The molecule has 0 aliphatic carbocycles. The molecule has 0 amide bonds. The molecule has 1 aromatic heterocycles. The van der Waals surface area contributed by atoms with E-state index in [0.29, 0.717) is 0 Å². The molecule has 0 unspecified atom stereocenters. The van der Waals surface area contributed by atoms with Gasteiger partial charge in [-0.25, -0.2) is 4.57 Å². The largest absolute Gasteiger partial charge is 0.201 e. The van der Waals surface area contributed by atoms with Gasteiger partial charge in [-0.1, -0.05) is 47.9 Å². The molecule has 0 spiro atoms. The highest BCUT2D eigenvalue weighted by Gasteiger charge is 2.25. The van der Waals surface area contributed by atoms with Crippen LogP contribution in [0.4, 0.5) is 0 Å². The van der Waals surface area contributed by atoms with Crippen LogP contribution in [0.2, 0.25) is 0 Å². The smallest absolute Gasteiger partial charge is 0.201 e. The first kappa shape index (κ1) is 12.4. The molecule has 0 N–H and O–H groups in total. The van der Waals surface area contributed by atoms with Gasteiger partial charge in [-0.05, 0) is 35.0 Å². The lowest BCUT2D eigenvalue weighted by Gasteiger charge is -2.05. The van der Waals surface area contributed by atoms with Gasteiger partial charge in [0.2, 0.25) is 7.28 Å². The van der Waals surface area contributed by atoms with Crippen molar-refractivity contribution in [2.24, 2.45) is 7.05 Å². The lowest BCUT2D eigenvalue weighted by molar-refractivity contribution is -0.672. The highest BCUT2D eigenvalue weighted by atomic mass is 14.9. The monoisotopic (exact) mass is 269 g/mol. The number of allylic oxidation sites excluding steroid dienone is 1. The topological polar surface area (TPSA) is 3.88 Å². The third-order valence-corrected chi connectivity index (χ3v) is 4.35. The molecule has 2 aromatic carbocycles. The van der Waals surface area contributed by atoms with E-state index in [1.807, 2.05) is 0 Å². The van der Waals surface area contributed by atoms with E-state index >= 15 is 0 Å². The van der Waals surface area contributed by atoms with Crippen molar-refractivity contribution in [2.45, 2.75) is 6.92 Å². The van der Waals surface area contributed by atoms with E-state index in [9.17, 15) is 0 Å². The van der Waals surface area contributed by atoms with Gasteiger partial charge in [-0.3, -0.25) is 0 Å². The maximum Gasteiger partial charge on any atom is 0.201 e. The Morgan fingerprint density at radius 3 is 2.43 bits per heavy atom. The van der Waals surface area contributed by atoms with E-state index < -0.39 is 0 Å². The van der Waals surface area contributed by atoms with Gasteiger partial charge in [0.1, 0.15) is 7.05 Å². The molecule has 0 bridgehead atoms. The van der Waals surface area contributed by atoms with Crippen molar-refractivity contribution in [3.63, 3.8) is 0 Å². The zero-order valence-corrected chi connectivity index (χ0v) is 12.3. The molecule has 0 saturated heterocycles. The van der Waals surface area contributed by atoms with E-state index in [2.05, 4.69) is 86.6 Å². The Morgan fingerprint density at radius 2 is 1.62 bits per heavy atom. The summed E-state index contributed by atoms with van der Waals surface area (Å²) in [6, 6.07) is 19.4. The lowest BCUT2D eigenvalue weighted by atomic mass is 9.65. The fourth-order valence-corrected chi connectivity index (χ4v) is 3.19. The van der Waals surface area contributed by atoms with Gasteiger partial charge < -0.3 is 0 Å². The first-order chi connectivity index (χ1) is 10.2. The summed E-state index contributed by atoms with van der Waals surface area (Å²) in [5, 5.41) is 2.56. The molecule has 1 nitrogen and oxygen atoms in total. The number of aryl methyl sites for hydroxylation is 1. The standard InChI is InChI=1S/C19H16BN/c1-13-16-9-5-6-10-17(16)20-19(13)18-11-14-7-3-4-8-15(14)12-21(18)2/h3-12H,1-2H3/q+1. The first-order valence-electron chi connectivity index (χ1n) is 7.28. The summed E-state index contributed by atoms with van der Waals surface area (Å²) in [6.07, 6.45) is 2.21. The highest BCUT2D eigenvalue weighted by molar-refractivity contribution is 6.78.